The van der Waals surface area contributed by atoms with Gasteiger partial charge in [0, 0.05) is 36.8 Å². The van der Waals surface area contributed by atoms with Crippen LogP contribution in [0.1, 0.15) is 33.3 Å². The molecule has 34 heavy (non-hydrogen) atoms. The highest BCUT2D eigenvalue weighted by molar-refractivity contribution is 7.15. The molecule has 0 saturated carbocycles. The van der Waals surface area contributed by atoms with Crippen LogP contribution in [0.15, 0.2) is 47.5 Å². The highest BCUT2D eigenvalue weighted by Gasteiger charge is 2.22. The minimum atomic E-state index is -0.632. The summed E-state index contributed by atoms with van der Waals surface area (Å²) in [6.07, 6.45) is 4.04. The van der Waals surface area contributed by atoms with E-state index in [1.165, 1.54) is 28.2 Å². The number of ether oxygens (including phenoxy) is 1. The number of fused-ring (bicyclic) bond motifs is 1. The third kappa shape index (κ3) is 4.20. The fourth-order valence-electron chi connectivity index (χ4n) is 4.02. The van der Waals surface area contributed by atoms with Crippen molar-refractivity contribution in [1.82, 2.24) is 14.4 Å². The van der Waals surface area contributed by atoms with Gasteiger partial charge in [0.1, 0.15) is 10.7 Å². The average Bonchev–Trinajstić information content (AvgIpc) is 3.31. The monoisotopic (exact) mass is 476 g/mol. The third-order valence-electron chi connectivity index (χ3n) is 5.90. The number of nitrogens with zero attached hydrogens (tertiary/aromatic N) is 4. The molecule has 4 aromatic rings. The Labute approximate surface area is 200 Å². The lowest BCUT2D eigenvalue weighted by molar-refractivity contribution is 0.101. The van der Waals surface area contributed by atoms with Crippen LogP contribution in [0.2, 0.25) is 0 Å². The van der Waals surface area contributed by atoms with Crippen molar-refractivity contribution >= 4 is 28.5 Å². The fourth-order valence-corrected chi connectivity index (χ4v) is 4.96. The molecule has 5 rings (SSSR count). The zero-order chi connectivity index (χ0) is 23.8. The Morgan fingerprint density at radius 1 is 1.21 bits per heavy atom. The summed E-state index contributed by atoms with van der Waals surface area (Å²) in [7, 11) is 0. The zero-order valence-electron chi connectivity index (χ0n) is 18.9. The Balaban J connectivity index is 1.57. The van der Waals surface area contributed by atoms with Gasteiger partial charge < -0.3 is 14.7 Å². The predicted octanol–water partition coefficient (Wildman–Crippen LogP) is 3.46. The summed E-state index contributed by atoms with van der Waals surface area (Å²) in [6.45, 7) is 5.93. The Hall–Kier alpha value is -3.56. The summed E-state index contributed by atoms with van der Waals surface area (Å²) >= 11 is 1.37. The number of aromatic nitrogens is 3. The molecule has 4 heterocycles. The quantitative estimate of drug-likeness (QED) is 0.441. The SMILES string of the molecule is CC(=O)c1cc(N2CCOCC2)cn2c(=O)c(O)c(-c3ncc(Cc4ccc(C)cc4)s3)nc12. The summed E-state index contributed by atoms with van der Waals surface area (Å²) in [5.74, 6) is -0.697. The van der Waals surface area contributed by atoms with Gasteiger partial charge in [-0.15, -0.1) is 11.3 Å². The molecule has 1 fully saturated rings. The number of hydrogen-bond acceptors (Lipinski definition) is 8. The number of ketones is 1. The van der Waals surface area contributed by atoms with Crippen molar-refractivity contribution in [3.63, 3.8) is 0 Å². The van der Waals surface area contributed by atoms with E-state index in [9.17, 15) is 14.7 Å². The first-order valence-corrected chi connectivity index (χ1v) is 11.9. The van der Waals surface area contributed by atoms with Crippen LogP contribution in [0.4, 0.5) is 5.69 Å². The van der Waals surface area contributed by atoms with E-state index in [-0.39, 0.29) is 17.1 Å². The van der Waals surface area contributed by atoms with E-state index < -0.39 is 11.3 Å². The average molecular weight is 477 g/mol. The highest BCUT2D eigenvalue weighted by Crippen LogP contribution is 2.31. The van der Waals surface area contributed by atoms with Gasteiger partial charge in [0.25, 0.3) is 0 Å². The van der Waals surface area contributed by atoms with Crippen molar-refractivity contribution in [3.8, 4) is 16.5 Å². The lowest BCUT2D eigenvalue weighted by atomic mass is 10.1. The van der Waals surface area contributed by atoms with Crippen molar-refractivity contribution in [2.75, 3.05) is 31.2 Å². The summed E-state index contributed by atoms with van der Waals surface area (Å²) < 4.78 is 6.65. The van der Waals surface area contributed by atoms with E-state index in [1.54, 1.807) is 18.5 Å². The number of anilines is 1. The van der Waals surface area contributed by atoms with Crippen LogP contribution in [-0.2, 0) is 11.2 Å². The molecule has 1 saturated heterocycles. The number of thiazole rings is 1. The van der Waals surface area contributed by atoms with Crippen LogP contribution in [0.5, 0.6) is 5.75 Å². The molecular weight excluding hydrogens is 452 g/mol. The van der Waals surface area contributed by atoms with Crippen molar-refractivity contribution in [2.45, 2.75) is 20.3 Å². The highest BCUT2D eigenvalue weighted by atomic mass is 32.1. The van der Waals surface area contributed by atoms with E-state index in [1.807, 2.05) is 11.8 Å². The number of rotatable bonds is 5. The summed E-state index contributed by atoms with van der Waals surface area (Å²) in [5, 5.41) is 11.2. The Morgan fingerprint density at radius 3 is 2.65 bits per heavy atom. The molecule has 0 amide bonds. The molecular formula is C25H24N4O4S. The molecule has 0 radical (unpaired) electrons. The Kier molecular flexibility index (Phi) is 5.89. The fraction of sp³-hybridized carbons (Fsp3) is 0.280. The Morgan fingerprint density at radius 2 is 1.94 bits per heavy atom. The maximum atomic E-state index is 13.2. The van der Waals surface area contributed by atoms with E-state index >= 15 is 0 Å². The number of Topliss-reactive ketones (excluding diaryl/α,β-unsaturated/α-hetero) is 1. The van der Waals surface area contributed by atoms with E-state index in [0.717, 1.165) is 10.4 Å². The van der Waals surface area contributed by atoms with Gasteiger partial charge in [-0.3, -0.25) is 14.0 Å². The zero-order valence-corrected chi connectivity index (χ0v) is 19.8. The molecule has 0 atom stereocenters. The molecule has 0 spiro atoms. The van der Waals surface area contributed by atoms with Crippen LogP contribution < -0.4 is 10.5 Å². The van der Waals surface area contributed by atoms with Crippen LogP contribution in [-0.4, -0.2) is 51.6 Å². The number of hydrogen-bond donors (Lipinski definition) is 1. The van der Waals surface area contributed by atoms with Crippen molar-refractivity contribution in [2.24, 2.45) is 0 Å². The number of aryl methyl sites for hydroxylation is 1. The second-order valence-corrected chi connectivity index (χ2v) is 9.48. The summed E-state index contributed by atoms with van der Waals surface area (Å²) in [6, 6.07) is 10.0. The molecule has 3 aromatic heterocycles. The van der Waals surface area contributed by atoms with Crippen LogP contribution in [0.3, 0.4) is 0 Å². The lowest BCUT2D eigenvalue weighted by Gasteiger charge is -2.29. The standard InChI is InChI=1S/C25H24N4O4S/c1-15-3-5-17(6-4-15)11-19-13-26-24(34-19)21-22(31)25(32)29-14-18(28-7-9-33-10-8-28)12-20(16(2)30)23(29)27-21/h3-6,12-14,31H,7-11H2,1-2H3. The minimum Gasteiger partial charge on any atom is -0.501 e. The lowest BCUT2D eigenvalue weighted by Crippen LogP contribution is -2.36. The summed E-state index contributed by atoms with van der Waals surface area (Å²) in [4.78, 5) is 37.6. The maximum absolute atomic E-state index is 13.2. The third-order valence-corrected chi connectivity index (χ3v) is 6.90. The molecule has 1 aromatic carbocycles. The topological polar surface area (TPSA) is 97.0 Å². The van der Waals surface area contributed by atoms with Crippen LogP contribution >= 0.6 is 11.3 Å². The second-order valence-electron chi connectivity index (χ2n) is 8.37. The first-order valence-electron chi connectivity index (χ1n) is 11.0. The number of carbonyl (C=O) groups is 1. The molecule has 0 aliphatic carbocycles. The molecule has 0 unspecified atom stereocenters. The molecule has 1 N–H and O–H groups in total. The van der Waals surface area contributed by atoms with E-state index in [0.29, 0.717) is 49.0 Å². The van der Waals surface area contributed by atoms with Gasteiger partial charge in [-0.05, 0) is 25.5 Å². The molecule has 8 nitrogen and oxygen atoms in total. The minimum absolute atomic E-state index is 0.0896. The Bertz CT molecular complexity index is 1440. The van der Waals surface area contributed by atoms with Gasteiger partial charge in [-0.2, -0.15) is 0 Å². The van der Waals surface area contributed by atoms with Gasteiger partial charge in [0.15, 0.2) is 11.4 Å². The van der Waals surface area contributed by atoms with Gasteiger partial charge in [0.05, 0.1) is 24.5 Å². The number of morpholine rings is 1. The first kappa shape index (κ1) is 22.2. The first-order chi connectivity index (χ1) is 16.4. The normalized spacial score (nSPS) is 14.0. The van der Waals surface area contributed by atoms with Crippen LogP contribution in [0.25, 0.3) is 16.3 Å². The number of benzene rings is 1. The number of pyridine rings is 1. The largest absolute Gasteiger partial charge is 0.501 e. The van der Waals surface area contributed by atoms with Gasteiger partial charge in [0.2, 0.25) is 5.75 Å². The molecule has 174 valence electrons. The molecule has 9 heteroatoms. The van der Waals surface area contributed by atoms with Gasteiger partial charge in [-0.1, -0.05) is 29.8 Å². The second kappa shape index (κ2) is 9.00. The summed E-state index contributed by atoms with van der Waals surface area (Å²) in [5.41, 5.74) is 3.03. The molecule has 0 bridgehead atoms. The number of aromatic hydroxyl groups is 1. The maximum Gasteiger partial charge on any atom is 0.300 e. The van der Waals surface area contributed by atoms with Crippen molar-refractivity contribution in [1.29, 1.82) is 0 Å². The smallest absolute Gasteiger partial charge is 0.300 e. The molecule has 1 aliphatic heterocycles. The van der Waals surface area contributed by atoms with Crippen molar-refractivity contribution < 1.29 is 14.6 Å². The van der Waals surface area contributed by atoms with Gasteiger partial charge >= 0.3 is 5.56 Å². The van der Waals surface area contributed by atoms with Gasteiger partial charge in [-0.25, -0.2) is 9.97 Å². The molecule has 1 aliphatic rings. The predicted molar refractivity (Wildman–Crippen MR) is 131 cm³/mol. The van der Waals surface area contributed by atoms with Crippen LogP contribution in [0, 0.1) is 6.92 Å². The van der Waals surface area contributed by atoms with E-state index in [4.69, 9.17) is 4.74 Å². The van der Waals surface area contributed by atoms with E-state index in [2.05, 4.69) is 34.2 Å². The van der Waals surface area contributed by atoms with Crippen molar-refractivity contribution in [3.05, 3.63) is 74.6 Å². The number of carbonyl (C=O) groups excluding carboxylic acids is 1.